The van der Waals surface area contributed by atoms with E-state index in [1.54, 1.807) is 0 Å². The van der Waals surface area contributed by atoms with Gasteiger partial charge in [-0.05, 0) is 111 Å². The molecule has 4 aromatic rings. The minimum atomic E-state index is 0.174. The van der Waals surface area contributed by atoms with Crippen LogP contribution >= 0.6 is 0 Å². The smallest absolute Gasteiger partial charge is 0.0390 e. The fourth-order valence-electron chi connectivity index (χ4n) is 6.24. The van der Waals surface area contributed by atoms with E-state index in [-0.39, 0.29) is 10.8 Å². The van der Waals surface area contributed by atoms with E-state index in [0.717, 1.165) is 24.2 Å². The van der Waals surface area contributed by atoms with Crippen LogP contribution in [0.2, 0.25) is 0 Å². The molecule has 0 aliphatic heterocycles. The van der Waals surface area contributed by atoms with Gasteiger partial charge in [-0.15, -0.1) is 0 Å². The van der Waals surface area contributed by atoms with Crippen molar-refractivity contribution < 1.29 is 0 Å². The van der Waals surface area contributed by atoms with E-state index in [2.05, 4.69) is 130 Å². The lowest BCUT2D eigenvalue weighted by Crippen LogP contribution is -2.34. The highest BCUT2D eigenvalue weighted by atomic mass is 14.9. The number of hydrogen-bond donors (Lipinski definition) is 1. The van der Waals surface area contributed by atoms with E-state index in [1.165, 1.54) is 56.7 Å². The zero-order chi connectivity index (χ0) is 25.6. The van der Waals surface area contributed by atoms with E-state index in [1.807, 2.05) is 0 Å². The van der Waals surface area contributed by atoms with Gasteiger partial charge in [0.15, 0.2) is 0 Å². The highest BCUT2D eigenvalue weighted by Gasteiger charge is 2.38. The topological polar surface area (TPSA) is 12.0 Å². The van der Waals surface area contributed by atoms with E-state index >= 15 is 0 Å². The monoisotopic (exact) mass is 483 g/mol. The first kappa shape index (κ1) is 23.8. The molecule has 0 aromatic heterocycles. The van der Waals surface area contributed by atoms with Crippen LogP contribution in [0.15, 0.2) is 84.9 Å². The summed E-state index contributed by atoms with van der Waals surface area (Å²) >= 11 is 0. The number of anilines is 2. The molecule has 0 heterocycles. The van der Waals surface area contributed by atoms with Crippen LogP contribution < -0.4 is 15.8 Å². The van der Waals surface area contributed by atoms with Crippen LogP contribution in [0.3, 0.4) is 0 Å². The highest BCUT2D eigenvalue weighted by molar-refractivity contribution is 5.76. The second kappa shape index (κ2) is 9.06. The highest BCUT2D eigenvalue weighted by Crippen LogP contribution is 2.49. The summed E-state index contributed by atoms with van der Waals surface area (Å²) in [6, 6.07) is 31.4. The maximum absolute atomic E-state index is 3.65. The molecule has 186 valence electrons. The van der Waals surface area contributed by atoms with Crippen molar-refractivity contribution in [3.8, 4) is 22.3 Å². The molecule has 0 saturated carbocycles. The molecule has 0 saturated heterocycles. The predicted molar refractivity (Wildman–Crippen MR) is 160 cm³/mol. The molecule has 0 fully saturated rings. The molecule has 0 atom stereocenters. The predicted octanol–water partition coefficient (Wildman–Crippen LogP) is 8.47. The Kier molecular flexibility index (Phi) is 5.83. The van der Waals surface area contributed by atoms with Crippen LogP contribution in [-0.4, -0.2) is 0 Å². The molecule has 1 heteroatoms. The number of nitrogens with one attached hydrogen (secondary N) is 1. The Morgan fingerprint density at radius 2 is 1.27 bits per heavy atom. The van der Waals surface area contributed by atoms with Gasteiger partial charge in [-0.3, -0.25) is 0 Å². The molecule has 2 aliphatic carbocycles. The van der Waals surface area contributed by atoms with Crippen molar-refractivity contribution in [2.75, 3.05) is 5.32 Å². The molecular weight excluding hydrogens is 446 g/mol. The maximum Gasteiger partial charge on any atom is 0.0390 e. The van der Waals surface area contributed by atoms with Crippen LogP contribution in [0, 0.1) is 0 Å². The van der Waals surface area contributed by atoms with Crippen LogP contribution in [0.4, 0.5) is 11.4 Å². The third-order valence-electron chi connectivity index (χ3n) is 8.51. The Morgan fingerprint density at radius 1 is 0.568 bits per heavy atom. The normalized spacial score (nSPS) is 17.1. The van der Waals surface area contributed by atoms with Gasteiger partial charge in [-0.1, -0.05) is 94.4 Å². The van der Waals surface area contributed by atoms with Crippen molar-refractivity contribution in [3.05, 3.63) is 106 Å². The molecule has 2 aliphatic rings. The zero-order valence-corrected chi connectivity index (χ0v) is 22.6. The van der Waals surface area contributed by atoms with Crippen molar-refractivity contribution in [1.29, 1.82) is 0 Å². The van der Waals surface area contributed by atoms with Crippen LogP contribution in [0.5, 0.6) is 0 Å². The van der Waals surface area contributed by atoms with Gasteiger partial charge in [0, 0.05) is 11.4 Å². The first-order valence-electron chi connectivity index (χ1n) is 13.7. The van der Waals surface area contributed by atoms with Gasteiger partial charge in [-0.25, -0.2) is 0 Å². The standard InChI is InChI=1S/C36H37N/c1-35(2)21-22-36(3,4)34-32(13-8-14-33(34)35)29-11-7-12-31(24-29)37-30-19-17-26(18-20-30)28-16-15-25-9-5-6-10-27(25)23-28/h7-20,23-24,37H,5-6,21-22H2,1-4H3. The lowest BCUT2D eigenvalue weighted by Gasteiger charge is -2.43. The van der Waals surface area contributed by atoms with Crippen LogP contribution in [0.1, 0.15) is 64.5 Å². The Labute approximate surface area is 221 Å². The molecule has 4 aromatic carbocycles. The molecule has 0 bridgehead atoms. The summed E-state index contributed by atoms with van der Waals surface area (Å²) in [4.78, 5) is 0. The largest absolute Gasteiger partial charge is 0.356 e. The summed E-state index contributed by atoms with van der Waals surface area (Å²) < 4.78 is 0. The van der Waals surface area contributed by atoms with Crippen molar-refractivity contribution in [2.24, 2.45) is 0 Å². The summed E-state index contributed by atoms with van der Waals surface area (Å²) in [6.45, 7) is 9.61. The summed E-state index contributed by atoms with van der Waals surface area (Å²) in [5.74, 6) is 0. The molecule has 1 nitrogen and oxygen atoms in total. The molecule has 0 unspecified atom stereocenters. The van der Waals surface area contributed by atoms with Gasteiger partial charge in [0.05, 0.1) is 0 Å². The Hall–Kier alpha value is -3.58. The van der Waals surface area contributed by atoms with Crippen LogP contribution in [0.25, 0.3) is 34.4 Å². The van der Waals surface area contributed by atoms with E-state index < -0.39 is 0 Å². The van der Waals surface area contributed by atoms with Gasteiger partial charge in [0.2, 0.25) is 0 Å². The third kappa shape index (κ3) is 4.53. The first-order valence-corrected chi connectivity index (χ1v) is 13.7. The van der Waals surface area contributed by atoms with E-state index in [4.69, 9.17) is 0 Å². The molecule has 0 radical (unpaired) electrons. The number of benzene rings is 4. The number of fused-ring (bicyclic) bond motifs is 2. The second-order valence-electron chi connectivity index (χ2n) is 12.1. The number of hydrogen-bond acceptors (Lipinski definition) is 1. The molecule has 0 amide bonds. The third-order valence-corrected chi connectivity index (χ3v) is 8.51. The lowest BCUT2D eigenvalue weighted by molar-refractivity contribution is 0.333. The Morgan fingerprint density at radius 3 is 2.08 bits per heavy atom. The Bertz CT molecular complexity index is 1580. The van der Waals surface area contributed by atoms with Gasteiger partial charge in [0.1, 0.15) is 0 Å². The Balaban J connectivity index is 1.29. The van der Waals surface area contributed by atoms with Crippen LogP contribution in [-0.2, 0) is 10.8 Å². The maximum atomic E-state index is 3.65. The number of rotatable bonds is 4. The van der Waals surface area contributed by atoms with Crippen molar-refractivity contribution in [3.63, 3.8) is 0 Å². The minimum absolute atomic E-state index is 0.174. The summed E-state index contributed by atoms with van der Waals surface area (Å²) in [5.41, 5.74) is 10.8. The second-order valence-corrected chi connectivity index (χ2v) is 12.1. The van der Waals surface area contributed by atoms with Gasteiger partial charge >= 0.3 is 0 Å². The fourth-order valence-corrected chi connectivity index (χ4v) is 6.24. The van der Waals surface area contributed by atoms with Gasteiger partial charge in [0.25, 0.3) is 0 Å². The van der Waals surface area contributed by atoms with E-state index in [0.29, 0.717) is 0 Å². The zero-order valence-electron chi connectivity index (χ0n) is 22.6. The van der Waals surface area contributed by atoms with Crippen molar-refractivity contribution in [1.82, 2.24) is 0 Å². The summed E-state index contributed by atoms with van der Waals surface area (Å²) in [6.07, 6.45) is 9.43. The van der Waals surface area contributed by atoms with E-state index in [9.17, 15) is 0 Å². The summed E-state index contributed by atoms with van der Waals surface area (Å²) in [5, 5.41) is 6.37. The minimum Gasteiger partial charge on any atom is -0.356 e. The molecule has 0 spiro atoms. The lowest BCUT2D eigenvalue weighted by atomic mass is 9.61. The fraction of sp³-hybridized carbons (Fsp3) is 0.278. The van der Waals surface area contributed by atoms with Gasteiger partial charge < -0.3 is 5.32 Å². The van der Waals surface area contributed by atoms with Crippen molar-refractivity contribution >= 4 is 23.5 Å². The summed E-state index contributed by atoms with van der Waals surface area (Å²) in [7, 11) is 0. The molecular formula is C36H37N. The molecule has 1 N–H and O–H groups in total. The quantitative estimate of drug-likeness (QED) is 0.307. The molecule has 6 rings (SSSR count). The SMILES string of the molecule is CC1(C)CCC(C)(C)c2c(-c3cccc(Nc4ccc(-c5ccc6c(c5)=CCCC=6)cc4)c3)cccc21. The van der Waals surface area contributed by atoms with Crippen molar-refractivity contribution in [2.45, 2.75) is 64.2 Å². The average molecular weight is 484 g/mol. The van der Waals surface area contributed by atoms with Gasteiger partial charge in [-0.2, -0.15) is 0 Å². The average Bonchev–Trinajstić information content (AvgIpc) is 2.91. The molecule has 37 heavy (non-hydrogen) atoms. The first-order chi connectivity index (χ1) is 17.8.